The summed E-state index contributed by atoms with van der Waals surface area (Å²) in [7, 11) is 1.86. The van der Waals surface area contributed by atoms with Crippen LogP contribution in [0.2, 0.25) is 0 Å². The van der Waals surface area contributed by atoms with E-state index in [0.717, 1.165) is 23.0 Å². The van der Waals surface area contributed by atoms with Gasteiger partial charge in [0.2, 0.25) is 5.91 Å². The summed E-state index contributed by atoms with van der Waals surface area (Å²) in [5.74, 6) is 0.202. The van der Waals surface area contributed by atoms with Crippen LogP contribution < -0.4 is 4.90 Å². The zero-order chi connectivity index (χ0) is 11.9. The van der Waals surface area contributed by atoms with E-state index in [-0.39, 0.29) is 11.3 Å². The molecule has 0 unspecified atom stereocenters. The second-order valence-corrected chi connectivity index (χ2v) is 5.94. The highest BCUT2D eigenvalue weighted by molar-refractivity contribution is 9.10. The van der Waals surface area contributed by atoms with Crippen LogP contribution in [0.3, 0.4) is 0 Å². The van der Waals surface area contributed by atoms with E-state index in [2.05, 4.69) is 22.0 Å². The summed E-state index contributed by atoms with van der Waals surface area (Å²) in [5, 5.41) is 0. The van der Waals surface area contributed by atoms with Gasteiger partial charge in [0.25, 0.3) is 0 Å². The van der Waals surface area contributed by atoms with Crippen molar-refractivity contribution in [1.82, 2.24) is 0 Å². The standard InChI is InChI=1S/C13H16BrNO/c1-13(2)7-6-9-8-10(14)4-5-11(9)15(3)12(13)16/h4-5,8H,6-7H2,1-3H3. The molecule has 86 valence electrons. The first-order valence-corrected chi connectivity index (χ1v) is 6.28. The maximum atomic E-state index is 12.2. The highest BCUT2D eigenvalue weighted by Gasteiger charge is 2.34. The molecule has 0 saturated carbocycles. The van der Waals surface area contributed by atoms with Gasteiger partial charge >= 0.3 is 0 Å². The lowest BCUT2D eigenvalue weighted by Crippen LogP contribution is -2.37. The summed E-state index contributed by atoms with van der Waals surface area (Å²) >= 11 is 3.48. The summed E-state index contributed by atoms with van der Waals surface area (Å²) < 4.78 is 1.08. The molecule has 0 bridgehead atoms. The Morgan fingerprint density at radius 3 is 2.75 bits per heavy atom. The van der Waals surface area contributed by atoms with E-state index in [0.29, 0.717) is 0 Å². The van der Waals surface area contributed by atoms with Crippen LogP contribution >= 0.6 is 15.9 Å². The van der Waals surface area contributed by atoms with Gasteiger partial charge in [-0.3, -0.25) is 4.79 Å². The van der Waals surface area contributed by atoms with Gasteiger partial charge in [-0.15, -0.1) is 0 Å². The maximum Gasteiger partial charge on any atom is 0.232 e. The second kappa shape index (κ2) is 3.88. The molecule has 2 rings (SSSR count). The molecule has 3 heteroatoms. The number of anilines is 1. The van der Waals surface area contributed by atoms with E-state index in [9.17, 15) is 4.79 Å². The first kappa shape index (κ1) is 11.6. The van der Waals surface area contributed by atoms with E-state index in [4.69, 9.17) is 0 Å². The third kappa shape index (κ3) is 1.88. The van der Waals surface area contributed by atoms with Crippen LogP contribution in [0.1, 0.15) is 25.8 Å². The van der Waals surface area contributed by atoms with E-state index in [1.165, 1.54) is 5.56 Å². The number of fused-ring (bicyclic) bond motifs is 1. The highest BCUT2D eigenvalue weighted by Crippen LogP contribution is 2.35. The van der Waals surface area contributed by atoms with Crippen molar-refractivity contribution in [3.05, 3.63) is 28.2 Å². The number of nitrogens with zero attached hydrogens (tertiary/aromatic N) is 1. The molecule has 0 N–H and O–H groups in total. The largest absolute Gasteiger partial charge is 0.315 e. The van der Waals surface area contributed by atoms with E-state index in [1.54, 1.807) is 4.90 Å². The van der Waals surface area contributed by atoms with Gasteiger partial charge in [0.05, 0.1) is 0 Å². The monoisotopic (exact) mass is 281 g/mol. The average Bonchev–Trinajstić information content (AvgIpc) is 2.31. The van der Waals surface area contributed by atoms with Crippen molar-refractivity contribution in [2.24, 2.45) is 5.41 Å². The first-order chi connectivity index (χ1) is 7.42. The van der Waals surface area contributed by atoms with Crippen LogP contribution in [0, 0.1) is 5.41 Å². The van der Waals surface area contributed by atoms with Crippen LogP contribution in [0.15, 0.2) is 22.7 Å². The summed E-state index contributed by atoms with van der Waals surface area (Å²) in [5.41, 5.74) is 2.02. The molecule has 1 aromatic carbocycles. The lowest BCUT2D eigenvalue weighted by atomic mass is 9.86. The SMILES string of the molecule is CN1C(=O)C(C)(C)CCc2cc(Br)ccc21. The number of carbonyl (C=O) groups is 1. The molecule has 1 aliphatic rings. The van der Waals surface area contributed by atoms with Crippen LogP contribution in [-0.4, -0.2) is 13.0 Å². The number of aryl methyl sites for hydroxylation is 1. The summed E-state index contributed by atoms with van der Waals surface area (Å²) in [4.78, 5) is 14.0. The molecular weight excluding hydrogens is 266 g/mol. The lowest BCUT2D eigenvalue weighted by Gasteiger charge is -2.26. The number of rotatable bonds is 0. The number of carbonyl (C=O) groups excluding carboxylic acids is 1. The third-order valence-corrected chi connectivity index (χ3v) is 3.80. The van der Waals surface area contributed by atoms with Crippen LogP contribution in [0.5, 0.6) is 0 Å². The fourth-order valence-electron chi connectivity index (χ4n) is 2.20. The Morgan fingerprint density at radius 2 is 2.06 bits per heavy atom. The van der Waals surface area contributed by atoms with Gasteiger partial charge in [-0.05, 0) is 36.6 Å². The van der Waals surface area contributed by atoms with Gasteiger partial charge in [-0.2, -0.15) is 0 Å². The summed E-state index contributed by atoms with van der Waals surface area (Å²) in [6.45, 7) is 4.04. The molecule has 0 fully saturated rings. The Kier molecular flexibility index (Phi) is 2.82. The predicted molar refractivity (Wildman–Crippen MR) is 69.7 cm³/mol. The van der Waals surface area contributed by atoms with E-state index < -0.39 is 0 Å². The van der Waals surface area contributed by atoms with Gasteiger partial charge in [-0.25, -0.2) is 0 Å². The number of halogens is 1. The van der Waals surface area contributed by atoms with E-state index in [1.807, 2.05) is 33.0 Å². The number of hydrogen-bond donors (Lipinski definition) is 0. The molecule has 1 aromatic rings. The fraction of sp³-hybridized carbons (Fsp3) is 0.462. The number of hydrogen-bond acceptors (Lipinski definition) is 1. The normalized spacial score (nSPS) is 19.2. The smallest absolute Gasteiger partial charge is 0.232 e. The zero-order valence-corrected chi connectivity index (χ0v) is 11.5. The average molecular weight is 282 g/mol. The minimum atomic E-state index is -0.264. The Balaban J connectivity index is 2.50. The molecule has 1 aliphatic heterocycles. The van der Waals surface area contributed by atoms with Crippen molar-refractivity contribution in [3.63, 3.8) is 0 Å². The Labute approximate surface area is 105 Å². The third-order valence-electron chi connectivity index (χ3n) is 3.31. The van der Waals surface area contributed by atoms with Crippen molar-refractivity contribution < 1.29 is 4.79 Å². The Morgan fingerprint density at radius 1 is 1.38 bits per heavy atom. The van der Waals surface area contributed by atoms with Crippen molar-refractivity contribution >= 4 is 27.5 Å². The second-order valence-electron chi connectivity index (χ2n) is 5.02. The molecule has 0 radical (unpaired) electrons. The molecule has 1 amide bonds. The number of amides is 1. The van der Waals surface area contributed by atoms with Crippen molar-refractivity contribution in [2.75, 3.05) is 11.9 Å². The lowest BCUT2D eigenvalue weighted by molar-refractivity contribution is -0.126. The topological polar surface area (TPSA) is 20.3 Å². The van der Waals surface area contributed by atoms with E-state index >= 15 is 0 Å². The molecule has 0 aliphatic carbocycles. The van der Waals surface area contributed by atoms with Gasteiger partial charge in [-0.1, -0.05) is 29.8 Å². The van der Waals surface area contributed by atoms with Crippen LogP contribution in [-0.2, 0) is 11.2 Å². The molecule has 2 nitrogen and oxygen atoms in total. The quantitative estimate of drug-likeness (QED) is 0.714. The Bertz CT molecular complexity index is 440. The highest BCUT2D eigenvalue weighted by atomic mass is 79.9. The molecule has 1 heterocycles. The molecular formula is C13H16BrNO. The predicted octanol–water partition coefficient (Wildman–Crippen LogP) is 3.38. The van der Waals surface area contributed by atoms with Crippen molar-refractivity contribution in [3.8, 4) is 0 Å². The number of benzene rings is 1. The van der Waals surface area contributed by atoms with Gasteiger partial charge in [0.15, 0.2) is 0 Å². The van der Waals surface area contributed by atoms with Crippen LogP contribution in [0.4, 0.5) is 5.69 Å². The summed E-state index contributed by atoms with van der Waals surface area (Å²) in [6, 6.07) is 6.11. The van der Waals surface area contributed by atoms with Gasteiger partial charge in [0.1, 0.15) is 0 Å². The zero-order valence-electron chi connectivity index (χ0n) is 9.88. The minimum absolute atomic E-state index is 0.202. The molecule has 0 spiro atoms. The van der Waals surface area contributed by atoms with Gasteiger partial charge < -0.3 is 4.90 Å². The first-order valence-electron chi connectivity index (χ1n) is 5.48. The van der Waals surface area contributed by atoms with Crippen LogP contribution in [0.25, 0.3) is 0 Å². The molecule has 0 atom stereocenters. The molecule has 16 heavy (non-hydrogen) atoms. The fourth-order valence-corrected chi connectivity index (χ4v) is 2.61. The molecule has 0 saturated heterocycles. The van der Waals surface area contributed by atoms with Crippen molar-refractivity contribution in [2.45, 2.75) is 26.7 Å². The maximum absolute atomic E-state index is 12.2. The van der Waals surface area contributed by atoms with Crippen molar-refractivity contribution in [1.29, 1.82) is 0 Å². The summed E-state index contributed by atoms with van der Waals surface area (Å²) in [6.07, 6.45) is 1.86. The minimum Gasteiger partial charge on any atom is -0.315 e. The Hall–Kier alpha value is -0.830. The van der Waals surface area contributed by atoms with Gasteiger partial charge in [0, 0.05) is 22.6 Å². The molecule has 0 aromatic heterocycles.